The summed E-state index contributed by atoms with van der Waals surface area (Å²) < 4.78 is 0. The van der Waals surface area contributed by atoms with Crippen molar-refractivity contribution in [2.45, 2.75) is 25.5 Å². The number of amides is 2. The van der Waals surface area contributed by atoms with Gasteiger partial charge in [0.2, 0.25) is 0 Å². The number of nitrogens with one attached hydrogen (secondary N) is 1. The number of aryl methyl sites for hydroxylation is 1. The number of carboxylic acids is 1. The zero-order valence-electron chi connectivity index (χ0n) is 10.8. The van der Waals surface area contributed by atoms with Gasteiger partial charge in [-0.2, -0.15) is 0 Å². The van der Waals surface area contributed by atoms with Gasteiger partial charge >= 0.3 is 12.0 Å². The smallest absolute Gasteiger partial charge is 0.326 e. The molecule has 1 saturated heterocycles. The molecule has 0 radical (unpaired) electrons. The van der Waals surface area contributed by atoms with Gasteiger partial charge < -0.3 is 20.4 Å². The number of nitrogens with zero attached hydrogens (tertiary/aromatic N) is 1. The second-order valence-electron chi connectivity index (χ2n) is 4.79. The van der Waals surface area contributed by atoms with Crippen molar-refractivity contribution >= 4 is 29.3 Å². The molecule has 3 N–H and O–H groups in total. The highest BCUT2D eigenvalue weighted by Gasteiger charge is 2.39. The molecule has 7 heteroatoms. The number of urea groups is 1. The molecule has 20 heavy (non-hydrogen) atoms. The molecule has 0 aliphatic carbocycles. The number of aliphatic hydroxyl groups excluding tert-OH is 1. The molecular formula is C13H15ClN2O4. The first-order valence-corrected chi connectivity index (χ1v) is 6.51. The molecule has 2 atom stereocenters. The van der Waals surface area contributed by atoms with Gasteiger partial charge in [-0.05, 0) is 24.6 Å². The maximum atomic E-state index is 12.1. The van der Waals surface area contributed by atoms with E-state index in [0.717, 1.165) is 10.5 Å². The quantitative estimate of drug-likeness (QED) is 0.775. The van der Waals surface area contributed by atoms with Gasteiger partial charge in [-0.25, -0.2) is 9.59 Å². The first-order valence-electron chi connectivity index (χ1n) is 6.13. The number of β-amino-alcohol motifs (C(OH)–C–C–N with tert-alkyl or cyclic N) is 1. The Morgan fingerprint density at radius 1 is 1.45 bits per heavy atom. The summed E-state index contributed by atoms with van der Waals surface area (Å²) in [5, 5.41) is 21.7. The number of benzene rings is 1. The van der Waals surface area contributed by atoms with E-state index in [4.69, 9.17) is 16.7 Å². The van der Waals surface area contributed by atoms with E-state index < -0.39 is 24.1 Å². The number of carboxylic acid groups (broad SMARTS) is 1. The van der Waals surface area contributed by atoms with Crippen LogP contribution in [0.2, 0.25) is 5.02 Å². The first-order chi connectivity index (χ1) is 9.38. The molecule has 2 rings (SSSR count). The van der Waals surface area contributed by atoms with Crippen LogP contribution in [0.25, 0.3) is 0 Å². The zero-order valence-corrected chi connectivity index (χ0v) is 11.6. The summed E-state index contributed by atoms with van der Waals surface area (Å²) >= 11 is 5.86. The number of halogens is 1. The predicted octanol–water partition coefficient (Wildman–Crippen LogP) is 1.70. The van der Waals surface area contributed by atoms with Crippen molar-refractivity contribution in [1.82, 2.24) is 4.90 Å². The summed E-state index contributed by atoms with van der Waals surface area (Å²) in [5.41, 5.74) is 1.34. The van der Waals surface area contributed by atoms with Crippen molar-refractivity contribution < 1.29 is 19.8 Å². The lowest BCUT2D eigenvalue weighted by molar-refractivity contribution is -0.141. The van der Waals surface area contributed by atoms with Crippen molar-refractivity contribution in [3.8, 4) is 0 Å². The van der Waals surface area contributed by atoms with E-state index in [1.165, 1.54) is 0 Å². The Balaban J connectivity index is 2.15. The maximum Gasteiger partial charge on any atom is 0.326 e. The molecule has 6 nitrogen and oxygen atoms in total. The summed E-state index contributed by atoms with van der Waals surface area (Å²) in [7, 11) is 0. The predicted molar refractivity (Wildman–Crippen MR) is 74.0 cm³/mol. The molecule has 1 aliphatic heterocycles. The highest BCUT2D eigenvalue weighted by atomic mass is 35.5. The minimum atomic E-state index is -1.13. The highest BCUT2D eigenvalue weighted by molar-refractivity contribution is 6.31. The van der Waals surface area contributed by atoms with Crippen LogP contribution in [0, 0.1) is 6.92 Å². The van der Waals surface area contributed by atoms with E-state index in [0.29, 0.717) is 10.7 Å². The number of aliphatic hydroxyl groups is 1. The van der Waals surface area contributed by atoms with Gasteiger partial charge in [0.1, 0.15) is 6.04 Å². The third kappa shape index (κ3) is 3.02. The van der Waals surface area contributed by atoms with E-state index in [1.807, 2.05) is 0 Å². The first kappa shape index (κ1) is 14.6. The molecule has 0 bridgehead atoms. The van der Waals surface area contributed by atoms with Gasteiger partial charge in [0.05, 0.1) is 6.10 Å². The number of hydrogen-bond donors (Lipinski definition) is 3. The summed E-state index contributed by atoms with van der Waals surface area (Å²) in [6, 6.07) is 3.48. The molecule has 2 amide bonds. The Labute approximate surface area is 121 Å². The van der Waals surface area contributed by atoms with Gasteiger partial charge in [-0.1, -0.05) is 17.7 Å². The van der Waals surface area contributed by atoms with Crippen LogP contribution in [0.5, 0.6) is 0 Å². The van der Waals surface area contributed by atoms with Gasteiger partial charge in [0, 0.05) is 23.7 Å². The fraction of sp³-hybridized carbons (Fsp3) is 0.385. The van der Waals surface area contributed by atoms with Crippen LogP contribution in [0.3, 0.4) is 0 Å². The van der Waals surface area contributed by atoms with Gasteiger partial charge in [0.25, 0.3) is 0 Å². The van der Waals surface area contributed by atoms with E-state index in [-0.39, 0.29) is 13.0 Å². The van der Waals surface area contributed by atoms with Crippen molar-refractivity contribution in [3.63, 3.8) is 0 Å². The molecular weight excluding hydrogens is 284 g/mol. The number of rotatable bonds is 2. The van der Waals surface area contributed by atoms with E-state index in [9.17, 15) is 14.7 Å². The lowest BCUT2D eigenvalue weighted by Crippen LogP contribution is -2.43. The SMILES string of the molecule is Cc1ccc(Cl)cc1NC(=O)N1CC(O)C[C@H]1C(=O)O. The van der Waals surface area contributed by atoms with Gasteiger partial charge in [-0.3, -0.25) is 0 Å². The van der Waals surface area contributed by atoms with Gasteiger partial charge in [0.15, 0.2) is 0 Å². The third-order valence-corrected chi connectivity index (χ3v) is 3.50. The number of hydrogen-bond acceptors (Lipinski definition) is 3. The summed E-state index contributed by atoms with van der Waals surface area (Å²) in [5.74, 6) is -1.13. The van der Waals surface area contributed by atoms with Crippen LogP contribution in [-0.2, 0) is 4.79 Å². The zero-order chi connectivity index (χ0) is 14.9. The van der Waals surface area contributed by atoms with Crippen LogP contribution in [0.15, 0.2) is 18.2 Å². The van der Waals surface area contributed by atoms with Crippen molar-refractivity contribution in [2.75, 3.05) is 11.9 Å². The number of carbonyl (C=O) groups is 2. The average Bonchev–Trinajstić information content (AvgIpc) is 2.76. The minimum Gasteiger partial charge on any atom is -0.480 e. The maximum absolute atomic E-state index is 12.1. The Kier molecular flexibility index (Phi) is 4.15. The standard InChI is InChI=1S/C13H15ClN2O4/c1-7-2-3-8(14)4-10(7)15-13(20)16-6-9(17)5-11(16)12(18)19/h2-4,9,11,17H,5-6H2,1H3,(H,15,20)(H,18,19)/t9?,11-/m0/s1. The summed E-state index contributed by atoms with van der Waals surface area (Å²) in [4.78, 5) is 24.3. The molecule has 1 aromatic carbocycles. The molecule has 0 saturated carbocycles. The Morgan fingerprint density at radius 3 is 2.80 bits per heavy atom. The summed E-state index contributed by atoms with van der Waals surface area (Å²) in [6.07, 6.45) is -0.778. The van der Waals surface area contributed by atoms with Crippen molar-refractivity contribution in [3.05, 3.63) is 28.8 Å². The molecule has 1 aromatic rings. The largest absolute Gasteiger partial charge is 0.480 e. The molecule has 1 fully saturated rings. The van der Waals surface area contributed by atoms with Crippen molar-refractivity contribution in [2.24, 2.45) is 0 Å². The Hall–Kier alpha value is -1.79. The molecule has 1 aliphatic rings. The van der Waals surface area contributed by atoms with Crippen LogP contribution >= 0.6 is 11.6 Å². The van der Waals surface area contributed by atoms with E-state index >= 15 is 0 Å². The number of aliphatic carboxylic acids is 1. The second-order valence-corrected chi connectivity index (χ2v) is 5.22. The van der Waals surface area contributed by atoms with Gasteiger partial charge in [-0.15, -0.1) is 0 Å². The summed E-state index contributed by atoms with van der Waals surface area (Å²) in [6.45, 7) is 1.81. The Bertz CT molecular complexity index is 549. The minimum absolute atomic E-state index is 0.00239. The monoisotopic (exact) mass is 298 g/mol. The molecule has 0 aromatic heterocycles. The van der Waals surface area contributed by atoms with Crippen molar-refractivity contribution in [1.29, 1.82) is 0 Å². The fourth-order valence-corrected chi connectivity index (χ4v) is 2.36. The Morgan fingerprint density at radius 2 is 2.15 bits per heavy atom. The number of likely N-dealkylation sites (tertiary alicyclic amines) is 1. The third-order valence-electron chi connectivity index (χ3n) is 3.27. The fourth-order valence-electron chi connectivity index (χ4n) is 2.19. The lowest BCUT2D eigenvalue weighted by Gasteiger charge is -2.22. The van der Waals surface area contributed by atoms with Crippen LogP contribution in [0.4, 0.5) is 10.5 Å². The number of anilines is 1. The lowest BCUT2D eigenvalue weighted by atomic mass is 10.2. The molecule has 1 unspecified atom stereocenters. The number of carbonyl (C=O) groups excluding carboxylic acids is 1. The van der Waals surface area contributed by atoms with Crippen LogP contribution in [-0.4, -0.2) is 45.8 Å². The topological polar surface area (TPSA) is 89.9 Å². The second kappa shape index (κ2) is 5.68. The highest BCUT2D eigenvalue weighted by Crippen LogP contribution is 2.23. The van der Waals surface area contributed by atoms with E-state index in [1.54, 1.807) is 25.1 Å². The molecule has 1 heterocycles. The molecule has 108 valence electrons. The molecule has 0 spiro atoms. The van der Waals surface area contributed by atoms with E-state index in [2.05, 4.69) is 5.32 Å². The van der Waals surface area contributed by atoms with Crippen LogP contribution in [0.1, 0.15) is 12.0 Å². The normalized spacial score (nSPS) is 21.9. The average molecular weight is 299 g/mol. The van der Waals surface area contributed by atoms with Crippen LogP contribution < -0.4 is 5.32 Å².